The fourth-order valence-corrected chi connectivity index (χ4v) is 4.19. The molecule has 3 heterocycles. The molecule has 0 saturated carbocycles. The first-order valence-corrected chi connectivity index (χ1v) is 9.88. The number of hydrogen-bond acceptors (Lipinski definition) is 6. The third kappa shape index (κ3) is 4.06. The number of sulfonamides is 1. The van der Waals surface area contributed by atoms with Gasteiger partial charge in [-0.05, 0) is 25.8 Å². The first-order chi connectivity index (χ1) is 10.9. The number of morpholine rings is 1. The van der Waals surface area contributed by atoms with Gasteiger partial charge < -0.3 is 4.74 Å². The minimum absolute atomic E-state index is 0.100. The lowest BCUT2D eigenvalue weighted by Gasteiger charge is -2.41. The number of piperidine rings is 1. The summed E-state index contributed by atoms with van der Waals surface area (Å²) in [6.45, 7) is 5.47. The zero-order chi connectivity index (χ0) is 16.4. The van der Waals surface area contributed by atoms with E-state index in [1.54, 1.807) is 10.5 Å². The second-order valence-corrected chi connectivity index (χ2v) is 8.29. The number of hydrogen-bond donors (Lipinski definition) is 0. The summed E-state index contributed by atoms with van der Waals surface area (Å²) in [5.74, 6) is 0.739. The quantitative estimate of drug-likeness (QED) is 0.801. The van der Waals surface area contributed by atoms with Gasteiger partial charge >= 0.3 is 0 Å². The molecule has 0 radical (unpaired) electrons. The summed E-state index contributed by atoms with van der Waals surface area (Å²) in [5.41, 5.74) is 0.942. The third-order valence-corrected chi connectivity index (χ3v) is 5.91. The summed E-state index contributed by atoms with van der Waals surface area (Å²) in [4.78, 5) is 11.2. The van der Waals surface area contributed by atoms with Crippen molar-refractivity contribution in [3.63, 3.8) is 0 Å². The van der Waals surface area contributed by atoms with Crippen LogP contribution in [0, 0.1) is 6.92 Å². The Bertz CT molecular complexity index is 644. The van der Waals surface area contributed by atoms with Crippen LogP contribution in [0.1, 0.15) is 30.5 Å². The first-order valence-electron chi connectivity index (χ1n) is 8.04. The highest BCUT2D eigenvalue weighted by Gasteiger charge is 2.32. The van der Waals surface area contributed by atoms with Crippen LogP contribution in [-0.4, -0.2) is 72.7 Å². The van der Waals surface area contributed by atoms with Gasteiger partial charge in [-0.1, -0.05) is 0 Å². The average Bonchev–Trinajstić information content (AvgIpc) is 2.54. The van der Waals surface area contributed by atoms with Crippen LogP contribution < -0.4 is 0 Å². The van der Waals surface area contributed by atoms with E-state index in [4.69, 9.17) is 4.74 Å². The predicted octanol–water partition coefficient (Wildman–Crippen LogP) is 0.582. The zero-order valence-corrected chi connectivity index (χ0v) is 14.5. The summed E-state index contributed by atoms with van der Waals surface area (Å²) in [6.07, 6.45) is 4.69. The monoisotopic (exact) mass is 340 g/mol. The minimum Gasteiger partial charge on any atom is -0.368 e. The molecule has 0 aromatic carbocycles. The molecule has 3 rings (SSSR count). The van der Waals surface area contributed by atoms with Crippen LogP contribution in [0.15, 0.2) is 12.3 Å². The summed E-state index contributed by atoms with van der Waals surface area (Å²) in [6, 6.07) is 2.29. The molecule has 2 aliphatic rings. The van der Waals surface area contributed by atoms with Crippen LogP contribution in [0.25, 0.3) is 0 Å². The Morgan fingerprint density at radius 1 is 1.26 bits per heavy atom. The van der Waals surface area contributed by atoms with Crippen molar-refractivity contribution in [3.05, 3.63) is 23.8 Å². The van der Waals surface area contributed by atoms with Crippen molar-refractivity contribution in [1.82, 2.24) is 19.2 Å². The van der Waals surface area contributed by atoms with Crippen LogP contribution in [0.2, 0.25) is 0 Å². The SMILES string of the molecule is Cc1ccnc(C2CN(C3CCN(S(C)(=O)=O)CC3)CCO2)n1. The van der Waals surface area contributed by atoms with Gasteiger partial charge in [0.05, 0.1) is 12.9 Å². The molecule has 0 amide bonds. The maximum Gasteiger partial charge on any atom is 0.211 e. The predicted molar refractivity (Wildman–Crippen MR) is 86.5 cm³/mol. The molecule has 0 bridgehead atoms. The second-order valence-electron chi connectivity index (χ2n) is 6.30. The van der Waals surface area contributed by atoms with Gasteiger partial charge in [0.25, 0.3) is 0 Å². The average molecular weight is 340 g/mol. The van der Waals surface area contributed by atoms with E-state index >= 15 is 0 Å². The van der Waals surface area contributed by atoms with Crippen LogP contribution in [0.5, 0.6) is 0 Å². The van der Waals surface area contributed by atoms with E-state index in [0.29, 0.717) is 25.7 Å². The topological polar surface area (TPSA) is 75.6 Å². The smallest absolute Gasteiger partial charge is 0.211 e. The van der Waals surface area contributed by atoms with E-state index < -0.39 is 10.0 Å². The summed E-state index contributed by atoms with van der Waals surface area (Å²) in [7, 11) is -3.07. The zero-order valence-electron chi connectivity index (χ0n) is 13.7. The van der Waals surface area contributed by atoms with E-state index in [1.165, 1.54) is 6.26 Å². The number of aryl methyl sites for hydroxylation is 1. The molecule has 1 unspecified atom stereocenters. The Labute approximate surface area is 137 Å². The molecule has 8 heteroatoms. The van der Waals surface area contributed by atoms with Crippen molar-refractivity contribution in [2.75, 3.05) is 39.0 Å². The molecular formula is C15H24N4O3S. The van der Waals surface area contributed by atoms with Crippen molar-refractivity contribution in [2.24, 2.45) is 0 Å². The van der Waals surface area contributed by atoms with Gasteiger partial charge in [-0.25, -0.2) is 22.7 Å². The van der Waals surface area contributed by atoms with Crippen LogP contribution in [-0.2, 0) is 14.8 Å². The molecule has 23 heavy (non-hydrogen) atoms. The van der Waals surface area contributed by atoms with E-state index in [-0.39, 0.29) is 6.10 Å². The molecule has 0 N–H and O–H groups in total. The van der Waals surface area contributed by atoms with Crippen molar-refractivity contribution in [1.29, 1.82) is 0 Å². The molecule has 2 aliphatic heterocycles. The number of nitrogens with zero attached hydrogens (tertiary/aromatic N) is 4. The molecule has 128 valence electrons. The Hall–Kier alpha value is -1.09. The molecule has 1 aromatic rings. The first kappa shape index (κ1) is 16.8. The lowest BCUT2D eigenvalue weighted by atomic mass is 10.0. The van der Waals surface area contributed by atoms with Crippen molar-refractivity contribution < 1.29 is 13.2 Å². The molecule has 7 nitrogen and oxygen atoms in total. The lowest BCUT2D eigenvalue weighted by Crippen LogP contribution is -2.50. The van der Waals surface area contributed by atoms with E-state index in [2.05, 4.69) is 14.9 Å². The highest BCUT2D eigenvalue weighted by Crippen LogP contribution is 2.25. The maximum absolute atomic E-state index is 11.6. The second kappa shape index (κ2) is 6.80. The maximum atomic E-state index is 11.6. The highest BCUT2D eigenvalue weighted by molar-refractivity contribution is 7.88. The van der Waals surface area contributed by atoms with Crippen LogP contribution in [0.4, 0.5) is 0 Å². The molecule has 2 saturated heterocycles. The van der Waals surface area contributed by atoms with Crippen molar-refractivity contribution in [3.8, 4) is 0 Å². The highest BCUT2D eigenvalue weighted by atomic mass is 32.2. The molecule has 1 atom stereocenters. The number of ether oxygens (including phenoxy) is 1. The molecule has 0 aliphatic carbocycles. The fraction of sp³-hybridized carbons (Fsp3) is 0.733. The molecule has 1 aromatic heterocycles. The Morgan fingerprint density at radius 2 is 2.00 bits per heavy atom. The summed E-state index contributed by atoms with van der Waals surface area (Å²) < 4.78 is 30.6. The molecular weight excluding hydrogens is 316 g/mol. The van der Waals surface area contributed by atoms with Gasteiger partial charge in [0, 0.05) is 44.1 Å². The molecule has 0 spiro atoms. The van der Waals surface area contributed by atoms with E-state index in [0.717, 1.165) is 37.4 Å². The van der Waals surface area contributed by atoms with Crippen LogP contribution >= 0.6 is 0 Å². The molecule has 2 fully saturated rings. The van der Waals surface area contributed by atoms with E-state index in [9.17, 15) is 8.42 Å². The number of aromatic nitrogens is 2. The van der Waals surface area contributed by atoms with Crippen molar-refractivity contribution in [2.45, 2.75) is 31.9 Å². The van der Waals surface area contributed by atoms with Crippen molar-refractivity contribution >= 4 is 10.0 Å². The Morgan fingerprint density at radius 3 is 2.65 bits per heavy atom. The van der Waals surface area contributed by atoms with Gasteiger partial charge in [-0.2, -0.15) is 0 Å². The summed E-state index contributed by atoms with van der Waals surface area (Å²) in [5, 5.41) is 0. The fourth-order valence-electron chi connectivity index (χ4n) is 3.32. The third-order valence-electron chi connectivity index (χ3n) is 4.61. The van der Waals surface area contributed by atoms with E-state index in [1.807, 2.05) is 13.0 Å². The summed E-state index contributed by atoms with van der Waals surface area (Å²) >= 11 is 0. The minimum atomic E-state index is -3.07. The van der Waals surface area contributed by atoms with Crippen LogP contribution in [0.3, 0.4) is 0 Å². The lowest BCUT2D eigenvalue weighted by molar-refractivity contribution is -0.0547. The number of rotatable bonds is 3. The standard InChI is InChI=1S/C15H24N4O3S/c1-12-3-6-16-15(17-12)14-11-18(9-10-22-14)13-4-7-19(8-5-13)23(2,20)21/h3,6,13-14H,4-5,7-11H2,1-2H3. The Balaban J connectivity index is 1.61. The van der Waals surface area contributed by atoms with Gasteiger partial charge in [0.1, 0.15) is 6.10 Å². The van der Waals surface area contributed by atoms with Gasteiger partial charge in [-0.15, -0.1) is 0 Å². The Kier molecular flexibility index (Phi) is 4.96. The largest absolute Gasteiger partial charge is 0.368 e. The normalized spacial score (nSPS) is 25.6. The van der Waals surface area contributed by atoms with Gasteiger partial charge in [0.15, 0.2) is 5.82 Å². The van der Waals surface area contributed by atoms with Gasteiger partial charge in [-0.3, -0.25) is 4.90 Å². The van der Waals surface area contributed by atoms with Gasteiger partial charge in [0.2, 0.25) is 10.0 Å².